The van der Waals surface area contributed by atoms with E-state index in [0.29, 0.717) is 0 Å². The van der Waals surface area contributed by atoms with Crippen molar-refractivity contribution in [3.8, 4) is 0 Å². The van der Waals surface area contributed by atoms with Crippen LogP contribution in [0.4, 0.5) is 0 Å². The van der Waals surface area contributed by atoms with Gasteiger partial charge in [0.15, 0.2) is 0 Å². The zero-order chi connectivity index (χ0) is 20.2. The predicted molar refractivity (Wildman–Crippen MR) is 115 cm³/mol. The van der Waals surface area contributed by atoms with E-state index in [1.807, 2.05) is 64.1 Å². The highest BCUT2D eigenvalue weighted by atomic mass is 16.3. The van der Waals surface area contributed by atoms with Crippen LogP contribution in [0.1, 0.15) is 81.4 Å². The van der Waals surface area contributed by atoms with E-state index in [-0.39, 0.29) is 6.61 Å². The van der Waals surface area contributed by atoms with Crippen LogP contribution in [-0.2, 0) is 19.4 Å². The van der Waals surface area contributed by atoms with E-state index in [2.05, 4.69) is 26.0 Å². The largest absolute Gasteiger partial charge is 0.392 e. The minimum atomic E-state index is 0.145. The second-order valence-corrected chi connectivity index (χ2v) is 5.33. The molecule has 146 valence electrons. The number of aldehydes is 1. The Morgan fingerprint density at radius 1 is 0.692 bits per heavy atom. The van der Waals surface area contributed by atoms with Gasteiger partial charge in [0.25, 0.3) is 0 Å². The van der Waals surface area contributed by atoms with Crippen LogP contribution in [0.5, 0.6) is 0 Å². The molecular weight excluding hydrogens is 320 g/mol. The lowest BCUT2D eigenvalue weighted by Gasteiger charge is -1.99. The van der Waals surface area contributed by atoms with Gasteiger partial charge in [-0.1, -0.05) is 103 Å². The first kappa shape index (κ1) is 26.3. The number of benzene rings is 2. The molecule has 2 aromatic rings. The number of rotatable bonds is 6. The number of carbonyl (C=O) groups is 1. The van der Waals surface area contributed by atoms with E-state index in [4.69, 9.17) is 5.11 Å². The summed E-state index contributed by atoms with van der Waals surface area (Å²) in [7, 11) is 0. The lowest BCUT2D eigenvalue weighted by atomic mass is 10.1. The quantitative estimate of drug-likeness (QED) is 0.588. The molecule has 0 atom stereocenters. The molecule has 2 nitrogen and oxygen atoms in total. The molecule has 0 bridgehead atoms. The standard InChI is InChI=1S/C10H14O.C10H12O.2C2H6/c2*1-2-3-9-4-6-10(8-11)7-5-9;2*1-2/h4-7,11H,2-3,8H2,1H3;4-8H,2-3H2,1H3;2*1-2H3. The number of aliphatic hydroxyl groups is 1. The fourth-order valence-electron chi connectivity index (χ4n) is 2.15. The Labute approximate surface area is 161 Å². The van der Waals surface area contributed by atoms with E-state index in [9.17, 15) is 4.79 Å². The molecule has 0 saturated carbocycles. The van der Waals surface area contributed by atoms with Crippen LogP contribution in [0.25, 0.3) is 0 Å². The van der Waals surface area contributed by atoms with Crippen molar-refractivity contribution in [1.82, 2.24) is 0 Å². The lowest BCUT2D eigenvalue weighted by molar-refractivity contribution is 0.112. The fraction of sp³-hybridized carbons (Fsp3) is 0.458. The average molecular weight is 359 g/mol. The van der Waals surface area contributed by atoms with Crippen LogP contribution in [-0.4, -0.2) is 11.4 Å². The molecule has 1 N–H and O–H groups in total. The van der Waals surface area contributed by atoms with Crippen LogP contribution in [0.2, 0.25) is 0 Å². The van der Waals surface area contributed by atoms with Gasteiger partial charge in [-0.15, -0.1) is 0 Å². The molecule has 0 aliphatic rings. The van der Waals surface area contributed by atoms with E-state index in [1.165, 1.54) is 17.5 Å². The maximum atomic E-state index is 10.3. The average Bonchev–Trinajstić information content (AvgIpc) is 2.73. The van der Waals surface area contributed by atoms with Crippen LogP contribution in [0, 0.1) is 0 Å². The molecular formula is C24H38O2. The monoisotopic (exact) mass is 358 g/mol. The summed E-state index contributed by atoms with van der Waals surface area (Å²) >= 11 is 0. The van der Waals surface area contributed by atoms with Gasteiger partial charge in [-0.05, 0) is 29.5 Å². The SMILES string of the molecule is CC.CC.CCCc1ccc(C=O)cc1.CCCc1ccc(CO)cc1. The summed E-state index contributed by atoms with van der Waals surface area (Å²) < 4.78 is 0. The van der Waals surface area contributed by atoms with Gasteiger partial charge in [0.2, 0.25) is 0 Å². The number of hydrogen-bond acceptors (Lipinski definition) is 2. The van der Waals surface area contributed by atoms with E-state index >= 15 is 0 Å². The molecule has 0 unspecified atom stereocenters. The molecule has 0 radical (unpaired) electrons. The zero-order valence-corrected chi connectivity index (χ0v) is 17.6. The van der Waals surface area contributed by atoms with Crippen molar-refractivity contribution in [3.05, 3.63) is 70.8 Å². The van der Waals surface area contributed by atoms with Crippen molar-refractivity contribution in [3.63, 3.8) is 0 Å². The van der Waals surface area contributed by atoms with Crippen molar-refractivity contribution < 1.29 is 9.90 Å². The summed E-state index contributed by atoms with van der Waals surface area (Å²) in [6, 6.07) is 15.8. The van der Waals surface area contributed by atoms with Crippen LogP contribution < -0.4 is 0 Å². The molecule has 0 saturated heterocycles. The first-order valence-corrected chi connectivity index (χ1v) is 9.96. The van der Waals surface area contributed by atoms with Crippen LogP contribution in [0.3, 0.4) is 0 Å². The third-order valence-electron chi connectivity index (χ3n) is 3.40. The van der Waals surface area contributed by atoms with Gasteiger partial charge >= 0.3 is 0 Å². The lowest BCUT2D eigenvalue weighted by Crippen LogP contribution is -1.85. The Hall–Kier alpha value is -1.93. The molecule has 26 heavy (non-hydrogen) atoms. The van der Waals surface area contributed by atoms with Gasteiger partial charge in [0, 0.05) is 5.56 Å². The van der Waals surface area contributed by atoms with Gasteiger partial charge in [0.05, 0.1) is 6.61 Å². The first-order chi connectivity index (χ1) is 12.7. The molecule has 0 spiro atoms. The normalized spacial score (nSPS) is 8.73. The Morgan fingerprint density at radius 2 is 1.04 bits per heavy atom. The van der Waals surface area contributed by atoms with Crippen molar-refractivity contribution in [2.24, 2.45) is 0 Å². The molecule has 2 rings (SSSR count). The minimum Gasteiger partial charge on any atom is -0.392 e. The maximum Gasteiger partial charge on any atom is 0.150 e. The van der Waals surface area contributed by atoms with Crippen molar-refractivity contribution >= 4 is 6.29 Å². The maximum absolute atomic E-state index is 10.3. The topological polar surface area (TPSA) is 37.3 Å². The number of carbonyl (C=O) groups excluding carboxylic acids is 1. The van der Waals surface area contributed by atoms with E-state index < -0.39 is 0 Å². The summed E-state index contributed by atoms with van der Waals surface area (Å²) in [5.74, 6) is 0. The molecule has 0 aliphatic carbocycles. The van der Waals surface area contributed by atoms with Gasteiger partial charge in [0.1, 0.15) is 6.29 Å². The first-order valence-electron chi connectivity index (χ1n) is 9.96. The smallest absolute Gasteiger partial charge is 0.150 e. The molecule has 0 amide bonds. The van der Waals surface area contributed by atoms with Crippen LogP contribution >= 0.6 is 0 Å². The predicted octanol–water partition coefficient (Wildman–Crippen LogP) is 6.64. The van der Waals surface area contributed by atoms with Gasteiger partial charge in [-0.3, -0.25) is 4.79 Å². The Balaban J connectivity index is 0. The summed E-state index contributed by atoms with van der Waals surface area (Å²) in [5, 5.41) is 8.76. The highest BCUT2D eigenvalue weighted by molar-refractivity contribution is 5.74. The third-order valence-corrected chi connectivity index (χ3v) is 3.40. The molecule has 2 aromatic carbocycles. The number of aryl methyl sites for hydroxylation is 2. The highest BCUT2D eigenvalue weighted by Crippen LogP contribution is 2.06. The summed E-state index contributed by atoms with van der Waals surface area (Å²) in [6.07, 6.45) is 5.43. The van der Waals surface area contributed by atoms with Gasteiger partial charge < -0.3 is 5.11 Å². The summed E-state index contributed by atoms with van der Waals surface area (Å²) in [5.41, 5.74) is 4.40. The van der Waals surface area contributed by atoms with Crippen molar-refractivity contribution in [2.45, 2.75) is 73.8 Å². The Bertz CT molecular complexity index is 527. The number of hydrogen-bond donors (Lipinski definition) is 1. The van der Waals surface area contributed by atoms with Crippen molar-refractivity contribution in [1.29, 1.82) is 0 Å². The highest BCUT2D eigenvalue weighted by Gasteiger charge is 1.91. The molecule has 2 heteroatoms. The van der Waals surface area contributed by atoms with E-state index in [0.717, 1.165) is 36.7 Å². The summed E-state index contributed by atoms with van der Waals surface area (Å²) in [4.78, 5) is 10.3. The fourth-order valence-corrected chi connectivity index (χ4v) is 2.15. The second-order valence-electron chi connectivity index (χ2n) is 5.33. The van der Waals surface area contributed by atoms with Gasteiger partial charge in [-0.2, -0.15) is 0 Å². The van der Waals surface area contributed by atoms with Crippen molar-refractivity contribution in [2.75, 3.05) is 0 Å². The molecule has 0 aliphatic heterocycles. The Kier molecular flexibility index (Phi) is 19.6. The second kappa shape index (κ2) is 19.4. The zero-order valence-electron chi connectivity index (χ0n) is 17.6. The Morgan fingerprint density at radius 3 is 1.35 bits per heavy atom. The molecule has 0 heterocycles. The minimum absolute atomic E-state index is 0.145. The molecule has 0 aromatic heterocycles. The summed E-state index contributed by atoms with van der Waals surface area (Å²) in [6.45, 7) is 12.5. The van der Waals surface area contributed by atoms with Gasteiger partial charge in [-0.25, -0.2) is 0 Å². The third kappa shape index (κ3) is 12.4. The van der Waals surface area contributed by atoms with E-state index in [1.54, 1.807) is 0 Å². The number of aliphatic hydroxyl groups excluding tert-OH is 1. The molecule has 0 fully saturated rings. The van der Waals surface area contributed by atoms with Crippen LogP contribution in [0.15, 0.2) is 48.5 Å².